The van der Waals surface area contributed by atoms with Gasteiger partial charge in [-0.1, -0.05) is 11.6 Å². The summed E-state index contributed by atoms with van der Waals surface area (Å²) in [6.45, 7) is 2.01. The lowest BCUT2D eigenvalue weighted by Crippen LogP contribution is -2.19. The van der Waals surface area contributed by atoms with Gasteiger partial charge in [-0.2, -0.15) is 0 Å². The molecule has 10 heteroatoms. The third kappa shape index (κ3) is 4.49. The third-order valence-corrected chi connectivity index (χ3v) is 4.05. The maximum atomic E-state index is 12.7. The molecule has 2 N–H and O–H groups in total. The Morgan fingerprint density at radius 3 is 2.43 bits per heavy atom. The van der Waals surface area contributed by atoms with Crippen molar-refractivity contribution in [2.45, 2.75) is 6.92 Å². The number of benzene rings is 2. The number of nitrogens with one attached hydrogen (secondary N) is 2. The fourth-order valence-corrected chi connectivity index (χ4v) is 2.62. The Bertz CT molecular complexity index is 932. The van der Waals surface area contributed by atoms with Crippen LogP contribution in [0.3, 0.4) is 0 Å². The van der Waals surface area contributed by atoms with Crippen LogP contribution in [0.4, 0.5) is 11.4 Å². The lowest BCUT2D eigenvalue weighted by atomic mass is 10.1. The summed E-state index contributed by atoms with van der Waals surface area (Å²) in [6, 6.07) is 6.66. The number of nitro groups is 1. The van der Waals surface area contributed by atoms with Crippen molar-refractivity contribution in [1.29, 1.82) is 0 Å². The number of nitro benzene ring substituents is 1. The van der Waals surface area contributed by atoms with Gasteiger partial charge in [0.2, 0.25) is 0 Å². The van der Waals surface area contributed by atoms with Gasteiger partial charge in [-0.25, -0.2) is 0 Å². The highest BCUT2D eigenvalue weighted by Gasteiger charge is 2.25. The largest absolute Gasteiger partial charge is 0.493 e. The van der Waals surface area contributed by atoms with Crippen molar-refractivity contribution in [2.24, 2.45) is 0 Å². The van der Waals surface area contributed by atoms with Crippen molar-refractivity contribution in [3.63, 3.8) is 0 Å². The van der Waals surface area contributed by atoms with Gasteiger partial charge in [0.05, 0.1) is 35.3 Å². The minimum absolute atomic E-state index is 0.137. The first-order chi connectivity index (χ1) is 13.3. The molecule has 0 aliphatic rings. The van der Waals surface area contributed by atoms with Crippen LogP contribution < -0.4 is 20.1 Å². The van der Waals surface area contributed by atoms with Gasteiger partial charge in [0.1, 0.15) is 5.56 Å². The van der Waals surface area contributed by atoms with Crippen molar-refractivity contribution >= 4 is 34.8 Å². The molecular formula is C18H18ClN3O6. The van der Waals surface area contributed by atoms with Crippen molar-refractivity contribution in [3.05, 3.63) is 56.6 Å². The summed E-state index contributed by atoms with van der Waals surface area (Å²) >= 11 is 5.99. The summed E-state index contributed by atoms with van der Waals surface area (Å²) in [4.78, 5) is 35.2. The minimum Gasteiger partial charge on any atom is -0.493 e. The monoisotopic (exact) mass is 407 g/mol. The Balaban J connectivity index is 2.44. The molecule has 2 aromatic rings. The molecule has 0 atom stereocenters. The lowest BCUT2D eigenvalue weighted by molar-refractivity contribution is -0.385. The number of hydrogen-bond donors (Lipinski definition) is 2. The number of carbonyl (C=O) groups excluding carboxylic acids is 2. The second-order valence-corrected chi connectivity index (χ2v) is 5.85. The van der Waals surface area contributed by atoms with Gasteiger partial charge >= 0.3 is 0 Å². The molecule has 0 radical (unpaired) electrons. The van der Waals surface area contributed by atoms with Gasteiger partial charge in [-0.3, -0.25) is 19.7 Å². The Morgan fingerprint density at radius 2 is 1.86 bits per heavy atom. The van der Waals surface area contributed by atoms with Crippen molar-refractivity contribution in [1.82, 2.24) is 5.32 Å². The standard InChI is InChI=1S/C18H18ClN3O6/c1-4-28-16-8-12(14(22(25)26)9-15(16)27-3)18(24)21-10-5-6-13(19)11(7-10)17(23)20-2/h5-9H,4H2,1-3H3,(H,20,23)(H,21,24). The topological polar surface area (TPSA) is 120 Å². The molecule has 148 valence electrons. The van der Waals surface area contributed by atoms with Crippen molar-refractivity contribution < 1.29 is 24.0 Å². The molecule has 28 heavy (non-hydrogen) atoms. The number of ether oxygens (including phenoxy) is 2. The highest BCUT2D eigenvalue weighted by atomic mass is 35.5. The molecule has 0 aliphatic carbocycles. The van der Waals surface area contributed by atoms with Gasteiger partial charge in [0, 0.05) is 18.8 Å². The number of methoxy groups -OCH3 is 1. The predicted molar refractivity (Wildman–Crippen MR) is 104 cm³/mol. The van der Waals surface area contributed by atoms with Crippen LogP contribution in [0.5, 0.6) is 11.5 Å². The van der Waals surface area contributed by atoms with Crippen LogP contribution in [-0.2, 0) is 0 Å². The van der Waals surface area contributed by atoms with E-state index >= 15 is 0 Å². The normalized spacial score (nSPS) is 10.1. The van der Waals surface area contributed by atoms with E-state index in [-0.39, 0.29) is 39.9 Å². The SMILES string of the molecule is CCOc1cc(C(=O)Nc2ccc(Cl)c(C(=O)NC)c2)c([N+](=O)[O-])cc1OC. The van der Waals surface area contributed by atoms with E-state index in [2.05, 4.69) is 10.6 Å². The van der Waals surface area contributed by atoms with Crippen LogP contribution in [0, 0.1) is 10.1 Å². The molecule has 0 heterocycles. The quantitative estimate of drug-likeness (QED) is 0.537. The predicted octanol–water partition coefficient (Wildman–Crippen LogP) is 3.27. The van der Waals surface area contributed by atoms with Gasteiger partial charge < -0.3 is 20.1 Å². The molecule has 2 aromatic carbocycles. The summed E-state index contributed by atoms with van der Waals surface area (Å²) in [5.74, 6) is -0.850. The smallest absolute Gasteiger partial charge is 0.286 e. The zero-order chi connectivity index (χ0) is 20.8. The highest BCUT2D eigenvalue weighted by molar-refractivity contribution is 6.34. The molecule has 9 nitrogen and oxygen atoms in total. The van der Waals surface area contributed by atoms with Gasteiger partial charge in [-0.15, -0.1) is 0 Å². The van der Waals surface area contributed by atoms with E-state index in [1.807, 2.05) is 0 Å². The zero-order valence-corrected chi connectivity index (χ0v) is 16.1. The van der Waals surface area contributed by atoms with Crippen LogP contribution in [0.25, 0.3) is 0 Å². The molecule has 0 aromatic heterocycles. The summed E-state index contributed by atoms with van der Waals surface area (Å²) in [5, 5.41) is 16.6. The molecule has 2 rings (SSSR count). The maximum absolute atomic E-state index is 12.7. The first kappa shape index (κ1) is 21.0. The summed E-state index contributed by atoms with van der Waals surface area (Å²) in [7, 11) is 2.79. The highest BCUT2D eigenvalue weighted by Crippen LogP contribution is 2.35. The number of halogens is 1. The number of rotatable bonds is 7. The summed E-state index contributed by atoms with van der Waals surface area (Å²) < 4.78 is 10.5. The molecule has 0 fully saturated rings. The first-order valence-corrected chi connectivity index (χ1v) is 8.52. The van der Waals surface area contributed by atoms with Gasteiger partial charge in [0.25, 0.3) is 17.5 Å². The van der Waals surface area contributed by atoms with E-state index < -0.39 is 22.4 Å². The number of carbonyl (C=O) groups is 2. The molecule has 0 unspecified atom stereocenters. The van der Waals surface area contributed by atoms with Gasteiger partial charge in [0.15, 0.2) is 11.5 Å². The summed E-state index contributed by atoms with van der Waals surface area (Å²) in [6.07, 6.45) is 0. The average Bonchev–Trinajstić information content (AvgIpc) is 2.68. The van der Waals surface area contributed by atoms with E-state index in [4.69, 9.17) is 21.1 Å². The van der Waals surface area contributed by atoms with E-state index in [1.165, 1.54) is 38.4 Å². The van der Waals surface area contributed by atoms with Crippen molar-refractivity contribution in [3.8, 4) is 11.5 Å². The molecule has 2 amide bonds. The average molecular weight is 408 g/mol. The minimum atomic E-state index is -0.750. The van der Waals surface area contributed by atoms with E-state index in [1.54, 1.807) is 6.92 Å². The maximum Gasteiger partial charge on any atom is 0.286 e. The second-order valence-electron chi connectivity index (χ2n) is 5.44. The molecule has 0 aliphatic heterocycles. The number of hydrogen-bond acceptors (Lipinski definition) is 6. The Labute approximate surface area is 165 Å². The zero-order valence-electron chi connectivity index (χ0n) is 15.4. The van der Waals surface area contributed by atoms with E-state index in [0.717, 1.165) is 6.07 Å². The van der Waals surface area contributed by atoms with Gasteiger partial charge in [-0.05, 0) is 25.1 Å². The number of anilines is 1. The van der Waals surface area contributed by atoms with E-state index in [0.29, 0.717) is 0 Å². The Morgan fingerprint density at radius 1 is 1.14 bits per heavy atom. The molecule has 0 spiro atoms. The van der Waals surface area contributed by atoms with Crippen LogP contribution in [0.2, 0.25) is 5.02 Å². The molecule has 0 saturated carbocycles. The number of nitrogens with zero attached hydrogens (tertiary/aromatic N) is 1. The van der Waals surface area contributed by atoms with Crippen molar-refractivity contribution in [2.75, 3.05) is 26.1 Å². The fourth-order valence-electron chi connectivity index (χ4n) is 2.42. The van der Waals surface area contributed by atoms with Crippen LogP contribution in [0.15, 0.2) is 30.3 Å². The lowest BCUT2D eigenvalue weighted by Gasteiger charge is -2.12. The molecule has 0 bridgehead atoms. The van der Waals surface area contributed by atoms with Crippen LogP contribution in [-0.4, -0.2) is 37.5 Å². The van der Waals surface area contributed by atoms with E-state index in [9.17, 15) is 19.7 Å². The molecular weight excluding hydrogens is 390 g/mol. The van der Waals surface area contributed by atoms with Crippen LogP contribution in [0.1, 0.15) is 27.6 Å². The third-order valence-electron chi connectivity index (χ3n) is 3.72. The Kier molecular flexibility index (Phi) is 6.78. The first-order valence-electron chi connectivity index (χ1n) is 8.14. The number of amides is 2. The summed E-state index contributed by atoms with van der Waals surface area (Å²) in [5.41, 5.74) is -0.263. The molecule has 0 saturated heterocycles. The fraction of sp³-hybridized carbons (Fsp3) is 0.222. The Hall–Kier alpha value is -3.33. The van der Waals surface area contributed by atoms with Crippen LogP contribution >= 0.6 is 11.6 Å². The second kappa shape index (κ2) is 9.05.